The van der Waals surface area contributed by atoms with E-state index in [1.165, 1.54) is 12.1 Å². The average Bonchev–Trinajstić information content (AvgIpc) is 2.45. The van der Waals surface area contributed by atoms with Gasteiger partial charge in [-0.15, -0.1) is 11.8 Å². The van der Waals surface area contributed by atoms with Gasteiger partial charge >= 0.3 is 0 Å². The van der Waals surface area contributed by atoms with Crippen molar-refractivity contribution >= 4 is 11.8 Å². The second-order valence-electron chi connectivity index (χ2n) is 4.07. The molecule has 2 aromatic carbocycles. The highest BCUT2D eigenvalue weighted by atomic mass is 32.2. The number of hydrogen-bond donors (Lipinski definition) is 1. The van der Waals surface area contributed by atoms with Crippen LogP contribution in [0.15, 0.2) is 53.4 Å². The first-order valence-electron chi connectivity index (χ1n) is 5.99. The molecule has 2 N–H and O–H groups in total. The van der Waals surface area contributed by atoms with E-state index in [9.17, 15) is 4.39 Å². The molecule has 0 radical (unpaired) electrons. The number of methoxy groups -OCH3 is 1. The summed E-state index contributed by atoms with van der Waals surface area (Å²) in [5.41, 5.74) is 6.92. The van der Waals surface area contributed by atoms with Crippen molar-refractivity contribution in [3.05, 3.63) is 59.9 Å². The summed E-state index contributed by atoms with van der Waals surface area (Å²) < 4.78 is 18.3. The molecule has 2 rings (SSSR count). The van der Waals surface area contributed by atoms with E-state index in [1.54, 1.807) is 24.9 Å². The van der Waals surface area contributed by atoms with E-state index in [0.29, 0.717) is 6.54 Å². The molecular weight excluding hydrogens is 261 g/mol. The molecule has 1 unspecified atom stereocenters. The van der Waals surface area contributed by atoms with Crippen LogP contribution in [-0.4, -0.2) is 13.7 Å². The highest BCUT2D eigenvalue weighted by Gasteiger charge is 2.12. The van der Waals surface area contributed by atoms with Crippen LogP contribution in [0.5, 0.6) is 5.75 Å². The Labute approximate surface area is 116 Å². The predicted molar refractivity (Wildman–Crippen MR) is 77.0 cm³/mol. The van der Waals surface area contributed by atoms with Crippen molar-refractivity contribution in [1.29, 1.82) is 0 Å². The Balaban J connectivity index is 2.15. The molecule has 0 spiro atoms. The van der Waals surface area contributed by atoms with Gasteiger partial charge in [-0.05, 0) is 35.9 Å². The Morgan fingerprint density at radius 2 is 1.95 bits per heavy atom. The van der Waals surface area contributed by atoms with Crippen LogP contribution in [0.25, 0.3) is 0 Å². The van der Waals surface area contributed by atoms with Crippen LogP contribution >= 0.6 is 11.8 Å². The largest absolute Gasteiger partial charge is 0.497 e. The summed E-state index contributed by atoms with van der Waals surface area (Å²) in [6, 6.07) is 14.4. The number of benzene rings is 2. The first kappa shape index (κ1) is 13.9. The third-order valence-corrected chi connectivity index (χ3v) is 4.05. The van der Waals surface area contributed by atoms with Crippen LogP contribution < -0.4 is 10.5 Å². The van der Waals surface area contributed by atoms with Gasteiger partial charge in [-0.3, -0.25) is 0 Å². The van der Waals surface area contributed by atoms with E-state index in [2.05, 4.69) is 0 Å². The molecule has 0 fully saturated rings. The van der Waals surface area contributed by atoms with Crippen LogP contribution in [0.2, 0.25) is 0 Å². The van der Waals surface area contributed by atoms with Crippen LogP contribution in [-0.2, 0) is 0 Å². The molecule has 0 aliphatic carbocycles. The maximum atomic E-state index is 13.2. The molecule has 0 aromatic heterocycles. The number of nitrogens with two attached hydrogens (primary N) is 1. The van der Waals surface area contributed by atoms with E-state index >= 15 is 0 Å². The van der Waals surface area contributed by atoms with Gasteiger partial charge in [0.1, 0.15) is 11.6 Å². The molecule has 4 heteroatoms. The normalized spacial score (nSPS) is 12.2. The monoisotopic (exact) mass is 277 g/mol. The summed E-state index contributed by atoms with van der Waals surface area (Å²) in [5, 5.41) is 0.104. The smallest absolute Gasteiger partial charge is 0.124 e. The lowest BCUT2D eigenvalue weighted by Gasteiger charge is -2.15. The zero-order valence-corrected chi connectivity index (χ0v) is 11.5. The second-order valence-corrected chi connectivity index (χ2v) is 5.35. The summed E-state index contributed by atoms with van der Waals surface area (Å²) in [6.45, 7) is 0.494. The highest BCUT2D eigenvalue weighted by molar-refractivity contribution is 7.99. The van der Waals surface area contributed by atoms with Crippen LogP contribution in [0, 0.1) is 5.82 Å². The van der Waals surface area contributed by atoms with Crippen LogP contribution in [0.3, 0.4) is 0 Å². The standard InChI is InChI=1S/C15H16FNOS/c1-18-13-7-5-11(6-8-13)15(10-17)19-14-4-2-3-12(16)9-14/h2-9,15H,10,17H2,1H3. The van der Waals surface area contributed by atoms with Crippen molar-refractivity contribution < 1.29 is 9.13 Å². The highest BCUT2D eigenvalue weighted by Crippen LogP contribution is 2.35. The zero-order chi connectivity index (χ0) is 13.7. The minimum atomic E-state index is -0.226. The summed E-state index contributed by atoms with van der Waals surface area (Å²) in [5.74, 6) is 0.589. The Bertz CT molecular complexity index is 530. The lowest BCUT2D eigenvalue weighted by atomic mass is 10.1. The number of halogens is 1. The van der Waals surface area contributed by atoms with Gasteiger partial charge in [0.25, 0.3) is 0 Å². The minimum absolute atomic E-state index is 0.104. The summed E-state index contributed by atoms with van der Waals surface area (Å²) in [4.78, 5) is 0.881. The lowest BCUT2D eigenvalue weighted by molar-refractivity contribution is 0.414. The fraction of sp³-hybridized carbons (Fsp3) is 0.200. The molecule has 0 amide bonds. The Morgan fingerprint density at radius 1 is 1.21 bits per heavy atom. The molecule has 0 bridgehead atoms. The maximum absolute atomic E-state index is 13.2. The van der Waals surface area contributed by atoms with Gasteiger partial charge in [-0.25, -0.2) is 4.39 Å². The number of rotatable bonds is 5. The van der Waals surface area contributed by atoms with E-state index in [1.807, 2.05) is 30.3 Å². The van der Waals surface area contributed by atoms with Crippen molar-refractivity contribution in [2.24, 2.45) is 5.73 Å². The van der Waals surface area contributed by atoms with Crippen molar-refractivity contribution in [3.63, 3.8) is 0 Å². The number of thioether (sulfide) groups is 1. The van der Waals surface area contributed by atoms with Crippen molar-refractivity contribution in [2.45, 2.75) is 10.1 Å². The summed E-state index contributed by atoms with van der Waals surface area (Å²) in [7, 11) is 1.64. The molecule has 0 aliphatic rings. The van der Waals surface area contributed by atoms with Gasteiger partial charge < -0.3 is 10.5 Å². The number of hydrogen-bond acceptors (Lipinski definition) is 3. The number of ether oxygens (including phenoxy) is 1. The van der Waals surface area contributed by atoms with Gasteiger partial charge in [0.05, 0.1) is 7.11 Å². The minimum Gasteiger partial charge on any atom is -0.497 e. The SMILES string of the molecule is COc1ccc(C(CN)Sc2cccc(F)c2)cc1. The molecule has 0 saturated carbocycles. The Kier molecular flexibility index (Phi) is 4.82. The third kappa shape index (κ3) is 3.72. The van der Waals surface area contributed by atoms with Crippen LogP contribution in [0.4, 0.5) is 4.39 Å². The quantitative estimate of drug-likeness (QED) is 0.848. The predicted octanol–water partition coefficient (Wildman–Crippen LogP) is 3.63. The average molecular weight is 277 g/mol. The van der Waals surface area contributed by atoms with E-state index in [0.717, 1.165) is 16.2 Å². The fourth-order valence-electron chi connectivity index (χ4n) is 1.78. The fourth-order valence-corrected chi connectivity index (χ4v) is 2.83. The van der Waals surface area contributed by atoms with Crippen molar-refractivity contribution in [1.82, 2.24) is 0 Å². The molecule has 0 saturated heterocycles. The third-order valence-electron chi connectivity index (χ3n) is 2.78. The lowest BCUT2D eigenvalue weighted by Crippen LogP contribution is -2.09. The van der Waals surface area contributed by atoms with Crippen LogP contribution in [0.1, 0.15) is 10.8 Å². The molecule has 2 nitrogen and oxygen atoms in total. The Morgan fingerprint density at radius 3 is 2.53 bits per heavy atom. The molecule has 2 aromatic rings. The first-order valence-corrected chi connectivity index (χ1v) is 6.87. The van der Waals surface area contributed by atoms with Gasteiger partial charge in [-0.1, -0.05) is 18.2 Å². The molecule has 0 aliphatic heterocycles. The molecular formula is C15H16FNOS. The summed E-state index contributed by atoms with van der Waals surface area (Å²) in [6.07, 6.45) is 0. The first-order chi connectivity index (χ1) is 9.22. The van der Waals surface area contributed by atoms with Crippen molar-refractivity contribution in [2.75, 3.05) is 13.7 Å². The zero-order valence-electron chi connectivity index (χ0n) is 10.7. The topological polar surface area (TPSA) is 35.2 Å². The second kappa shape index (κ2) is 6.59. The van der Waals surface area contributed by atoms with Crippen molar-refractivity contribution in [3.8, 4) is 5.75 Å². The Hall–Kier alpha value is -1.52. The molecule has 100 valence electrons. The molecule has 0 heterocycles. The molecule has 19 heavy (non-hydrogen) atoms. The van der Waals surface area contributed by atoms with E-state index < -0.39 is 0 Å². The maximum Gasteiger partial charge on any atom is 0.124 e. The summed E-state index contributed by atoms with van der Waals surface area (Å²) >= 11 is 1.56. The van der Waals surface area contributed by atoms with Gasteiger partial charge in [0, 0.05) is 16.7 Å². The molecule has 1 atom stereocenters. The van der Waals surface area contributed by atoms with E-state index in [-0.39, 0.29) is 11.1 Å². The van der Waals surface area contributed by atoms with Gasteiger partial charge in [-0.2, -0.15) is 0 Å². The van der Waals surface area contributed by atoms with Gasteiger partial charge in [0.2, 0.25) is 0 Å². The van der Waals surface area contributed by atoms with Gasteiger partial charge in [0.15, 0.2) is 0 Å². The van der Waals surface area contributed by atoms with E-state index in [4.69, 9.17) is 10.5 Å².